The molecule has 0 unspecified atom stereocenters. The van der Waals surface area contributed by atoms with Crippen LogP contribution in [-0.2, 0) is 6.42 Å². The van der Waals surface area contributed by atoms with Gasteiger partial charge in [-0.2, -0.15) is 0 Å². The van der Waals surface area contributed by atoms with E-state index in [1.807, 2.05) is 0 Å². The molecule has 0 aromatic heterocycles. The van der Waals surface area contributed by atoms with Crippen LogP contribution in [0.4, 0.5) is 4.39 Å². The van der Waals surface area contributed by atoms with Crippen molar-refractivity contribution in [1.29, 1.82) is 0 Å². The maximum Gasteiger partial charge on any atom is 0.165 e. The van der Waals surface area contributed by atoms with Crippen LogP contribution in [0.15, 0.2) is 18.2 Å². The lowest BCUT2D eigenvalue weighted by molar-refractivity contribution is 0.385. The number of rotatable bonds is 2. The van der Waals surface area contributed by atoms with E-state index in [1.165, 1.54) is 13.2 Å². The summed E-state index contributed by atoms with van der Waals surface area (Å²) in [7, 11) is 1.48. The van der Waals surface area contributed by atoms with Gasteiger partial charge in [0.05, 0.1) is 7.11 Å². The zero-order valence-electron chi connectivity index (χ0n) is 9.13. The minimum absolute atomic E-state index is 0. The molecule has 1 aromatic rings. The quantitative estimate of drug-likeness (QED) is 0.867. The summed E-state index contributed by atoms with van der Waals surface area (Å²) in [5.41, 5.74) is 8.70. The van der Waals surface area contributed by atoms with Gasteiger partial charge in [-0.1, -0.05) is 6.08 Å². The fourth-order valence-corrected chi connectivity index (χ4v) is 1.96. The fourth-order valence-electron chi connectivity index (χ4n) is 1.96. The highest BCUT2D eigenvalue weighted by Crippen LogP contribution is 2.30. The maximum atomic E-state index is 13.5. The average molecular weight is 244 g/mol. The lowest BCUT2D eigenvalue weighted by atomic mass is 9.90. The third kappa shape index (κ3) is 2.20. The Morgan fingerprint density at radius 3 is 2.81 bits per heavy atom. The van der Waals surface area contributed by atoms with Crippen molar-refractivity contribution in [2.75, 3.05) is 13.7 Å². The summed E-state index contributed by atoms with van der Waals surface area (Å²) in [6.45, 7) is 0.457. The van der Waals surface area contributed by atoms with Crippen molar-refractivity contribution in [2.45, 2.75) is 12.8 Å². The van der Waals surface area contributed by atoms with Crippen molar-refractivity contribution in [1.82, 2.24) is 0 Å². The molecule has 0 spiro atoms. The number of allylic oxidation sites excluding steroid dienone is 1. The lowest BCUT2D eigenvalue weighted by Crippen LogP contribution is -2.09. The second kappa shape index (κ2) is 5.32. The molecule has 1 aromatic carbocycles. The highest BCUT2D eigenvalue weighted by Gasteiger charge is 2.15. The molecule has 0 heterocycles. The third-order valence-corrected chi connectivity index (χ3v) is 2.75. The Hall–Kier alpha value is -1.06. The van der Waals surface area contributed by atoms with Crippen molar-refractivity contribution in [3.8, 4) is 5.75 Å². The summed E-state index contributed by atoms with van der Waals surface area (Å²) in [5.74, 6) is -0.00970. The second-order valence-corrected chi connectivity index (χ2v) is 3.62. The Balaban J connectivity index is 0.00000128. The Labute approximate surface area is 101 Å². The lowest BCUT2D eigenvalue weighted by Gasteiger charge is -2.18. The Bertz CT molecular complexity index is 418. The number of methoxy groups -OCH3 is 1. The van der Waals surface area contributed by atoms with Crippen molar-refractivity contribution in [3.63, 3.8) is 0 Å². The van der Waals surface area contributed by atoms with Gasteiger partial charge in [-0.3, -0.25) is 0 Å². The standard InChI is InChI=1S/C12H14FNO.ClH/c1-15-12-5-8-3-2-4-9(7-14)10(8)6-11(12)13;/h4-6H,2-3,7,14H2,1H3;1H. The third-order valence-electron chi connectivity index (χ3n) is 2.75. The van der Waals surface area contributed by atoms with E-state index in [4.69, 9.17) is 10.5 Å². The second-order valence-electron chi connectivity index (χ2n) is 3.62. The zero-order chi connectivity index (χ0) is 10.8. The van der Waals surface area contributed by atoms with E-state index >= 15 is 0 Å². The van der Waals surface area contributed by atoms with E-state index in [1.54, 1.807) is 6.07 Å². The van der Waals surface area contributed by atoms with Gasteiger partial charge >= 0.3 is 0 Å². The van der Waals surface area contributed by atoms with Crippen LogP contribution < -0.4 is 10.5 Å². The normalized spacial score (nSPS) is 13.6. The number of nitrogens with two attached hydrogens (primary N) is 1. The fraction of sp³-hybridized carbons (Fsp3) is 0.333. The van der Waals surface area contributed by atoms with Crippen molar-refractivity contribution < 1.29 is 9.13 Å². The van der Waals surface area contributed by atoms with Crippen LogP contribution in [0.25, 0.3) is 5.57 Å². The minimum Gasteiger partial charge on any atom is -0.494 e. The molecule has 0 radical (unpaired) electrons. The molecule has 1 aliphatic carbocycles. The van der Waals surface area contributed by atoms with Crippen LogP contribution >= 0.6 is 12.4 Å². The number of halogens is 2. The first-order chi connectivity index (χ1) is 7.26. The molecule has 0 atom stereocenters. The first-order valence-electron chi connectivity index (χ1n) is 5.02. The molecule has 2 rings (SSSR count). The number of aryl methyl sites for hydroxylation is 1. The van der Waals surface area contributed by atoms with E-state index in [9.17, 15) is 4.39 Å². The number of fused-ring (bicyclic) bond motifs is 1. The van der Waals surface area contributed by atoms with E-state index in [0.29, 0.717) is 12.3 Å². The molecular formula is C12H15ClFNO. The number of hydrogen-bond donors (Lipinski definition) is 1. The maximum absolute atomic E-state index is 13.5. The highest BCUT2D eigenvalue weighted by molar-refractivity contribution is 5.85. The molecule has 0 amide bonds. The van der Waals surface area contributed by atoms with Crippen molar-refractivity contribution >= 4 is 18.0 Å². The molecule has 0 aliphatic heterocycles. The smallest absolute Gasteiger partial charge is 0.165 e. The summed E-state index contributed by atoms with van der Waals surface area (Å²) in [4.78, 5) is 0. The Morgan fingerprint density at radius 2 is 2.19 bits per heavy atom. The van der Waals surface area contributed by atoms with Crippen LogP contribution in [0, 0.1) is 5.82 Å². The largest absolute Gasteiger partial charge is 0.494 e. The number of ether oxygens (including phenoxy) is 1. The van der Waals surface area contributed by atoms with Gasteiger partial charge in [0.15, 0.2) is 11.6 Å². The van der Waals surface area contributed by atoms with Gasteiger partial charge in [0.1, 0.15) is 0 Å². The van der Waals surface area contributed by atoms with Gasteiger partial charge in [-0.05, 0) is 41.7 Å². The van der Waals surface area contributed by atoms with Crippen molar-refractivity contribution in [2.24, 2.45) is 5.73 Å². The average Bonchev–Trinajstić information content (AvgIpc) is 2.27. The predicted octanol–water partition coefficient (Wildman–Crippen LogP) is 2.54. The molecule has 88 valence electrons. The summed E-state index contributed by atoms with van der Waals surface area (Å²) in [5, 5.41) is 0. The Morgan fingerprint density at radius 1 is 1.44 bits per heavy atom. The van der Waals surface area contributed by atoms with Gasteiger partial charge in [-0.15, -0.1) is 12.4 Å². The van der Waals surface area contributed by atoms with E-state index in [2.05, 4.69) is 6.08 Å². The minimum atomic E-state index is -0.322. The van der Waals surface area contributed by atoms with E-state index < -0.39 is 0 Å². The van der Waals surface area contributed by atoms with Gasteiger partial charge in [0.2, 0.25) is 0 Å². The molecule has 4 heteroatoms. The summed E-state index contributed by atoms with van der Waals surface area (Å²) >= 11 is 0. The van der Waals surface area contributed by atoms with Gasteiger partial charge in [-0.25, -0.2) is 4.39 Å². The van der Waals surface area contributed by atoms with Crippen LogP contribution in [0.1, 0.15) is 17.5 Å². The van der Waals surface area contributed by atoms with Crippen LogP contribution in [0.5, 0.6) is 5.75 Å². The first-order valence-corrected chi connectivity index (χ1v) is 5.02. The first kappa shape index (κ1) is 13.0. The predicted molar refractivity (Wildman–Crippen MR) is 65.6 cm³/mol. The molecule has 1 aliphatic rings. The molecule has 16 heavy (non-hydrogen) atoms. The summed E-state index contributed by atoms with van der Waals surface area (Å²) in [6, 6.07) is 3.29. The topological polar surface area (TPSA) is 35.2 Å². The van der Waals surface area contributed by atoms with Gasteiger partial charge in [0.25, 0.3) is 0 Å². The monoisotopic (exact) mass is 243 g/mol. The zero-order valence-corrected chi connectivity index (χ0v) is 9.94. The molecule has 2 nitrogen and oxygen atoms in total. The van der Waals surface area contributed by atoms with Crippen LogP contribution in [0.2, 0.25) is 0 Å². The van der Waals surface area contributed by atoms with E-state index in [-0.39, 0.29) is 18.2 Å². The van der Waals surface area contributed by atoms with E-state index in [0.717, 1.165) is 29.5 Å². The molecule has 0 saturated carbocycles. The molecular weight excluding hydrogens is 229 g/mol. The SMILES string of the molecule is COc1cc2c(cc1F)C(CN)=CCC2.Cl. The van der Waals surface area contributed by atoms with Gasteiger partial charge < -0.3 is 10.5 Å². The molecule has 0 bridgehead atoms. The Kier molecular flexibility index (Phi) is 4.33. The number of benzene rings is 1. The molecule has 2 N–H and O–H groups in total. The van der Waals surface area contributed by atoms with Crippen LogP contribution in [-0.4, -0.2) is 13.7 Å². The number of hydrogen-bond acceptors (Lipinski definition) is 2. The highest BCUT2D eigenvalue weighted by atomic mass is 35.5. The summed E-state index contributed by atoms with van der Waals surface area (Å²) < 4.78 is 18.4. The molecule has 0 saturated heterocycles. The molecule has 0 fully saturated rings. The van der Waals surface area contributed by atoms with Crippen molar-refractivity contribution in [3.05, 3.63) is 35.2 Å². The van der Waals surface area contributed by atoms with Gasteiger partial charge in [0, 0.05) is 6.54 Å². The summed E-state index contributed by atoms with van der Waals surface area (Å²) in [6.07, 6.45) is 3.97. The van der Waals surface area contributed by atoms with Crippen LogP contribution in [0.3, 0.4) is 0 Å².